The Hall–Kier alpha value is -3.16. The topological polar surface area (TPSA) is 97.5 Å². The number of fused-ring (bicyclic) bond motifs is 2. The van der Waals surface area contributed by atoms with E-state index in [9.17, 15) is 19.2 Å². The van der Waals surface area contributed by atoms with E-state index in [0.29, 0.717) is 22.3 Å². The fraction of sp³-hybridized carbons (Fsp3) is 0.200. The van der Waals surface area contributed by atoms with E-state index in [1.165, 1.54) is 0 Å². The SMILES string of the molecule is NCC[N+]1(CCN2C(=O)c3ccccc3C2=O)C(=O)c2ccccc2C1=O. The van der Waals surface area contributed by atoms with E-state index in [4.69, 9.17) is 5.73 Å². The number of carbonyl (C=O) groups is 4. The van der Waals surface area contributed by atoms with E-state index in [0.717, 1.165) is 4.90 Å². The van der Waals surface area contributed by atoms with Crippen LogP contribution in [0.4, 0.5) is 0 Å². The highest BCUT2D eigenvalue weighted by atomic mass is 16.2. The van der Waals surface area contributed by atoms with E-state index in [-0.39, 0.29) is 38.0 Å². The van der Waals surface area contributed by atoms with Crippen LogP contribution in [0.1, 0.15) is 41.4 Å². The van der Waals surface area contributed by atoms with Crippen LogP contribution in [0.5, 0.6) is 0 Å². The lowest BCUT2D eigenvalue weighted by molar-refractivity contribution is -0.760. The molecule has 2 aliphatic rings. The Morgan fingerprint density at radius 2 is 1.15 bits per heavy atom. The number of amides is 4. The van der Waals surface area contributed by atoms with Gasteiger partial charge in [-0.3, -0.25) is 14.5 Å². The van der Waals surface area contributed by atoms with Gasteiger partial charge in [-0.2, -0.15) is 4.48 Å². The van der Waals surface area contributed by atoms with Crippen molar-refractivity contribution in [1.82, 2.24) is 4.90 Å². The Labute approximate surface area is 155 Å². The smallest absolute Gasteiger partial charge is 0.326 e. The number of quaternary nitrogens is 1. The van der Waals surface area contributed by atoms with Crippen LogP contribution in [-0.2, 0) is 0 Å². The van der Waals surface area contributed by atoms with Gasteiger partial charge in [-0.1, -0.05) is 24.3 Å². The highest BCUT2D eigenvalue weighted by Crippen LogP contribution is 2.30. The lowest BCUT2D eigenvalue weighted by atomic mass is 10.1. The number of nitrogens with zero attached hydrogens (tertiary/aromatic N) is 2. The molecule has 2 heterocycles. The first-order valence-electron chi connectivity index (χ1n) is 8.72. The van der Waals surface area contributed by atoms with Gasteiger partial charge in [0, 0.05) is 6.54 Å². The fourth-order valence-corrected chi connectivity index (χ4v) is 3.86. The van der Waals surface area contributed by atoms with Crippen LogP contribution in [0, 0.1) is 0 Å². The molecule has 27 heavy (non-hydrogen) atoms. The first kappa shape index (κ1) is 17.3. The van der Waals surface area contributed by atoms with Crippen molar-refractivity contribution in [1.29, 1.82) is 0 Å². The second-order valence-corrected chi connectivity index (χ2v) is 6.67. The normalized spacial score (nSPS) is 17.4. The van der Waals surface area contributed by atoms with Crippen molar-refractivity contribution in [2.24, 2.45) is 5.73 Å². The molecule has 0 atom stereocenters. The molecule has 0 fully saturated rings. The van der Waals surface area contributed by atoms with Crippen LogP contribution in [0.2, 0.25) is 0 Å². The van der Waals surface area contributed by atoms with Crippen molar-refractivity contribution >= 4 is 23.6 Å². The highest BCUT2D eigenvalue weighted by Gasteiger charge is 2.53. The van der Waals surface area contributed by atoms with E-state index < -0.39 is 16.3 Å². The molecular formula is C20H18N3O4+. The Morgan fingerprint density at radius 1 is 0.704 bits per heavy atom. The number of carbonyl (C=O) groups excluding carboxylic acids is 4. The largest absolute Gasteiger partial charge is 0.354 e. The standard InChI is InChI=1S/C20H18N3O4/c21-9-11-23(19(26)15-7-3-4-8-16(15)20(23)27)12-10-22-17(24)13-5-1-2-6-14(13)18(22)25/h1-8H,9-12,21H2/q+1. The summed E-state index contributed by atoms with van der Waals surface area (Å²) in [5.74, 6) is -1.48. The molecule has 7 heteroatoms. The summed E-state index contributed by atoms with van der Waals surface area (Å²) in [6.45, 7) is 0.232. The zero-order valence-corrected chi connectivity index (χ0v) is 14.6. The van der Waals surface area contributed by atoms with Gasteiger partial charge in [-0.15, -0.1) is 0 Å². The van der Waals surface area contributed by atoms with Crippen LogP contribution in [0.25, 0.3) is 0 Å². The minimum atomic E-state index is -0.497. The first-order chi connectivity index (χ1) is 13.0. The summed E-state index contributed by atoms with van der Waals surface area (Å²) in [6.07, 6.45) is 0. The van der Waals surface area contributed by atoms with Crippen molar-refractivity contribution < 1.29 is 23.7 Å². The molecule has 0 aromatic heterocycles. The van der Waals surface area contributed by atoms with Crippen molar-refractivity contribution in [2.45, 2.75) is 0 Å². The van der Waals surface area contributed by atoms with E-state index in [1.54, 1.807) is 48.5 Å². The number of hydrogen-bond acceptors (Lipinski definition) is 5. The Bertz CT molecular complexity index is 928. The molecule has 0 radical (unpaired) electrons. The quantitative estimate of drug-likeness (QED) is 0.632. The monoisotopic (exact) mass is 364 g/mol. The van der Waals surface area contributed by atoms with Crippen LogP contribution < -0.4 is 5.73 Å². The number of benzene rings is 2. The zero-order valence-electron chi connectivity index (χ0n) is 14.6. The number of hydrogen-bond donors (Lipinski definition) is 1. The lowest BCUT2D eigenvalue weighted by Gasteiger charge is -2.29. The molecule has 2 aromatic carbocycles. The zero-order chi connectivity index (χ0) is 19.2. The molecule has 0 bridgehead atoms. The molecule has 7 nitrogen and oxygen atoms in total. The third kappa shape index (κ3) is 2.36. The van der Waals surface area contributed by atoms with Crippen LogP contribution >= 0.6 is 0 Å². The minimum Gasteiger partial charge on any atom is -0.326 e. The summed E-state index contributed by atoms with van der Waals surface area (Å²) in [5, 5.41) is 0. The fourth-order valence-electron chi connectivity index (χ4n) is 3.86. The lowest BCUT2D eigenvalue weighted by Crippen LogP contribution is -2.58. The molecular weight excluding hydrogens is 346 g/mol. The molecule has 4 rings (SSSR count). The van der Waals surface area contributed by atoms with Gasteiger partial charge in [0.1, 0.15) is 13.1 Å². The third-order valence-electron chi connectivity index (χ3n) is 5.26. The summed E-state index contributed by atoms with van der Waals surface area (Å²) in [7, 11) is 0. The average molecular weight is 364 g/mol. The van der Waals surface area contributed by atoms with Gasteiger partial charge >= 0.3 is 11.8 Å². The molecule has 2 aliphatic heterocycles. The van der Waals surface area contributed by atoms with Crippen molar-refractivity contribution in [2.75, 3.05) is 26.2 Å². The van der Waals surface area contributed by atoms with Gasteiger partial charge in [-0.05, 0) is 24.3 Å². The summed E-state index contributed by atoms with van der Waals surface area (Å²) in [6, 6.07) is 13.2. The maximum atomic E-state index is 13.0. The average Bonchev–Trinajstić information content (AvgIpc) is 3.06. The van der Waals surface area contributed by atoms with Gasteiger partial charge < -0.3 is 5.73 Å². The second-order valence-electron chi connectivity index (χ2n) is 6.67. The maximum absolute atomic E-state index is 13.0. The van der Waals surface area contributed by atoms with E-state index in [2.05, 4.69) is 0 Å². The van der Waals surface area contributed by atoms with Gasteiger partial charge in [0.15, 0.2) is 0 Å². The molecule has 136 valence electrons. The van der Waals surface area contributed by atoms with Crippen LogP contribution in [-0.4, -0.2) is 59.2 Å². The van der Waals surface area contributed by atoms with Crippen LogP contribution in [0.15, 0.2) is 48.5 Å². The van der Waals surface area contributed by atoms with Gasteiger partial charge in [0.25, 0.3) is 11.8 Å². The van der Waals surface area contributed by atoms with Crippen LogP contribution in [0.3, 0.4) is 0 Å². The number of imide groups is 2. The molecule has 2 N–H and O–H groups in total. The first-order valence-corrected chi connectivity index (χ1v) is 8.72. The molecule has 0 saturated heterocycles. The third-order valence-corrected chi connectivity index (χ3v) is 5.26. The summed E-state index contributed by atoms with van der Waals surface area (Å²) in [5.41, 5.74) is 7.10. The maximum Gasteiger partial charge on any atom is 0.354 e. The number of rotatable bonds is 5. The second kappa shape index (κ2) is 6.22. The number of nitrogens with two attached hydrogens (primary N) is 1. The van der Waals surface area contributed by atoms with Gasteiger partial charge in [-0.25, -0.2) is 9.59 Å². The van der Waals surface area contributed by atoms with E-state index >= 15 is 0 Å². The van der Waals surface area contributed by atoms with Gasteiger partial charge in [0.05, 0.1) is 28.8 Å². The summed E-state index contributed by atoms with van der Waals surface area (Å²) < 4.78 is -0.497. The Kier molecular flexibility index (Phi) is 3.98. The van der Waals surface area contributed by atoms with E-state index in [1.807, 2.05) is 0 Å². The summed E-state index contributed by atoms with van der Waals surface area (Å²) >= 11 is 0. The molecule has 0 unspecified atom stereocenters. The van der Waals surface area contributed by atoms with Crippen molar-refractivity contribution in [3.05, 3.63) is 70.8 Å². The molecule has 0 saturated carbocycles. The molecule has 0 aliphatic carbocycles. The van der Waals surface area contributed by atoms with Gasteiger partial charge in [0.2, 0.25) is 0 Å². The van der Waals surface area contributed by atoms with Crippen molar-refractivity contribution in [3.8, 4) is 0 Å². The minimum absolute atomic E-state index is 0.00894. The Morgan fingerprint density at radius 3 is 1.59 bits per heavy atom. The molecule has 4 amide bonds. The molecule has 2 aromatic rings. The Balaban J connectivity index is 1.63. The van der Waals surface area contributed by atoms with Crippen molar-refractivity contribution in [3.63, 3.8) is 0 Å². The predicted molar refractivity (Wildman–Crippen MR) is 96.0 cm³/mol. The summed E-state index contributed by atoms with van der Waals surface area (Å²) in [4.78, 5) is 52.2. The highest BCUT2D eigenvalue weighted by molar-refractivity contribution is 6.21. The predicted octanol–water partition coefficient (Wildman–Crippen LogP) is 1.05. The molecule has 0 spiro atoms.